The van der Waals surface area contributed by atoms with Crippen LogP contribution in [0.1, 0.15) is 21.5 Å². The van der Waals surface area contributed by atoms with E-state index in [0.29, 0.717) is 29.2 Å². The third-order valence-corrected chi connectivity index (χ3v) is 5.45. The van der Waals surface area contributed by atoms with Crippen LogP contribution in [0.15, 0.2) is 42.7 Å². The fourth-order valence-electron chi connectivity index (χ4n) is 3.97. The molecule has 1 N–H and O–H groups in total. The van der Waals surface area contributed by atoms with Crippen LogP contribution in [0.4, 0.5) is 0 Å². The maximum absolute atomic E-state index is 12.6. The van der Waals surface area contributed by atoms with Crippen molar-refractivity contribution < 1.29 is 9.53 Å². The van der Waals surface area contributed by atoms with Gasteiger partial charge in [-0.05, 0) is 24.3 Å². The number of rotatable bonds is 5. The second-order valence-electron chi connectivity index (χ2n) is 7.02. The zero-order valence-electron chi connectivity index (χ0n) is 14.6. The van der Waals surface area contributed by atoms with Crippen molar-refractivity contribution in [2.24, 2.45) is 11.8 Å². The average molecular weight is 337 g/mol. The van der Waals surface area contributed by atoms with E-state index < -0.39 is 0 Å². The van der Waals surface area contributed by atoms with Crippen LogP contribution in [0.3, 0.4) is 0 Å². The number of likely N-dealkylation sites (tertiary alicyclic amines) is 1. The molecule has 1 saturated carbocycles. The first-order valence-corrected chi connectivity index (χ1v) is 8.73. The monoisotopic (exact) mass is 337 g/mol. The lowest BCUT2D eigenvalue weighted by atomic mass is 10.1. The maximum Gasteiger partial charge on any atom is 0.253 e. The first kappa shape index (κ1) is 16.1. The topological polar surface area (TPSA) is 54.5 Å². The second-order valence-corrected chi connectivity index (χ2v) is 7.02. The van der Waals surface area contributed by atoms with E-state index in [1.165, 1.54) is 5.56 Å². The van der Waals surface area contributed by atoms with E-state index >= 15 is 0 Å². The molecule has 0 radical (unpaired) electrons. The van der Waals surface area contributed by atoms with Gasteiger partial charge in [-0.1, -0.05) is 30.3 Å². The smallest absolute Gasteiger partial charge is 0.253 e. The summed E-state index contributed by atoms with van der Waals surface area (Å²) in [6, 6.07) is 10.8. The molecule has 2 heterocycles. The van der Waals surface area contributed by atoms with Crippen molar-refractivity contribution in [3.05, 3.63) is 59.4 Å². The molecule has 130 valence electrons. The van der Waals surface area contributed by atoms with Gasteiger partial charge in [0.05, 0.1) is 18.9 Å². The Morgan fingerprint density at radius 1 is 1.24 bits per heavy atom. The van der Waals surface area contributed by atoms with E-state index in [0.717, 1.165) is 25.2 Å². The molecule has 2 aliphatic rings. The van der Waals surface area contributed by atoms with Gasteiger partial charge >= 0.3 is 0 Å². The predicted octanol–water partition coefficient (Wildman–Crippen LogP) is 2.26. The number of aromatic nitrogens is 1. The Bertz CT molecular complexity index is 766. The van der Waals surface area contributed by atoms with Crippen LogP contribution in [-0.2, 0) is 6.54 Å². The molecule has 1 aliphatic carbocycles. The van der Waals surface area contributed by atoms with Crippen LogP contribution < -0.4 is 10.1 Å². The summed E-state index contributed by atoms with van der Waals surface area (Å²) in [7, 11) is 1.60. The van der Waals surface area contributed by atoms with Gasteiger partial charge in [0.2, 0.25) is 0 Å². The number of methoxy groups -OCH3 is 1. The molecule has 4 rings (SSSR count). The number of ether oxygens (including phenoxy) is 1. The summed E-state index contributed by atoms with van der Waals surface area (Å²) in [5, 5.41) is 3.19. The van der Waals surface area contributed by atoms with Crippen molar-refractivity contribution in [2.45, 2.75) is 19.5 Å². The number of pyridine rings is 1. The molecule has 5 nitrogen and oxygen atoms in total. The highest BCUT2D eigenvalue weighted by molar-refractivity contribution is 5.96. The van der Waals surface area contributed by atoms with Gasteiger partial charge in [0.1, 0.15) is 5.75 Å². The molecule has 5 heteroatoms. The van der Waals surface area contributed by atoms with E-state index in [2.05, 4.69) is 39.5 Å². The number of benzene rings is 1. The van der Waals surface area contributed by atoms with E-state index in [1.54, 1.807) is 19.5 Å². The molecule has 1 amide bonds. The van der Waals surface area contributed by atoms with Gasteiger partial charge in [0, 0.05) is 37.4 Å². The number of piperidine rings is 1. The minimum absolute atomic E-state index is 0.0436. The van der Waals surface area contributed by atoms with Gasteiger partial charge in [-0.15, -0.1) is 0 Å². The van der Waals surface area contributed by atoms with Crippen molar-refractivity contribution in [1.82, 2.24) is 15.2 Å². The molecule has 1 aliphatic heterocycles. The van der Waals surface area contributed by atoms with Crippen LogP contribution in [0.2, 0.25) is 0 Å². The van der Waals surface area contributed by atoms with Gasteiger partial charge in [0.25, 0.3) is 5.91 Å². The largest absolute Gasteiger partial charge is 0.495 e. The van der Waals surface area contributed by atoms with Crippen LogP contribution in [0, 0.1) is 18.8 Å². The fourth-order valence-corrected chi connectivity index (χ4v) is 3.97. The van der Waals surface area contributed by atoms with Crippen LogP contribution in [0.5, 0.6) is 5.75 Å². The Hall–Kier alpha value is -2.40. The minimum Gasteiger partial charge on any atom is -0.495 e. The molecule has 3 atom stereocenters. The molecule has 1 unspecified atom stereocenters. The highest BCUT2D eigenvalue weighted by Crippen LogP contribution is 2.46. The number of carbonyl (C=O) groups excluding carboxylic acids is 1. The summed E-state index contributed by atoms with van der Waals surface area (Å²) in [6.07, 6.45) is 3.26. The Labute approximate surface area is 148 Å². The van der Waals surface area contributed by atoms with Gasteiger partial charge in [-0.25, -0.2) is 0 Å². The molecule has 25 heavy (non-hydrogen) atoms. The molecular formula is C20H23N3O2. The van der Waals surface area contributed by atoms with Crippen molar-refractivity contribution >= 4 is 5.91 Å². The fraction of sp³-hybridized carbons (Fsp3) is 0.400. The molecule has 1 aromatic carbocycles. The third kappa shape index (κ3) is 3.12. The lowest BCUT2D eigenvalue weighted by molar-refractivity contribution is 0.0941. The Balaban J connectivity index is 1.33. The van der Waals surface area contributed by atoms with E-state index in [-0.39, 0.29) is 5.91 Å². The Kier molecular flexibility index (Phi) is 4.17. The summed E-state index contributed by atoms with van der Waals surface area (Å²) >= 11 is 0. The van der Waals surface area contributed by atoms with Gasteiger partial charge < -0.3 is 10.1 Å². The molecule has 0 spiro atoms. The Morgan fingerprint density at radius 2 is 1.96 bits per heavy atom. The first-order valence-electron chi connectivity index (χ1n) is 8.73. The maximum atomic E-state index is 12.6. The van der Waals surface area contributed by atoms with E-state index in [4.69, 9.17) is 4.74 Å². The molecule has 1 aromatic heterocycles. The van der Waals surface area contributed by atoms with E-state index in [1.807, 2.05) is 13.0 Å². The SMILES string of the molecule is COc1cncc(C(=O)NC2[C@H]3CN(Cc4ccccc4)C[C@@H]23)c1C. The number of hydrogen-bond donors (Lipinski definition) is 1. The van der Waals surface area contributed by atoms with Crippen molar-refractivity contribution in [1.29, 1.82) is 0 Å². The Morgan fingerprint density at radius 3 is 2.64 bits per heavy atom. The van der Waals surface area contributed by atoms with Crippen molar-refractivity contribution in [3.8, 4) is 5.75 Å². The number of hydrogen-bond acceptors (Lipinski definition) is 4. The highest BCUT2D eigenvalue weighted by atomic mass is 16.5. The molecular weight excluding hydrogens is 314 g/mol. The molecule has 1 saturated heterocycles. The molecule has 2 fully saturated rings. The van der Waals surface area contributed by atoms with Gasteiger partial charge in [-0.3, -0.25) is 14.7 Å². The highest BCUT2D eigenvalue weighted by Gasteiger charge is 2.56. The second kappa shape index (κ2) is 6.48. The van der Waals surface area contributed by atoms with E-state index in [9.17, 15) is 4.79 Å². The average Bonchev–Trinajstić information content (AvgIpc) is 3.06. The standard InChI is InChI=1S/C20H23N3O2/c1-13-15(8-21-9-18(13)25-2)20(24)22-19-16-11-23(12-17(16)19)10-14-6-4-3-5-7-14/h3-9,16-17,19H,10-12H2,1-2H3,(H,22,24)/t16-,17+,19?. The predicted molar refractivity (Wildman–Crippen MR) is 95.5 cm³/mol. The summed E-state index contributed by atoms with van der Waals surface area (Å²) in [5.74, 6) is 1.76. The first-order chi connectivity index (χ1) is 12.2. The van der Waals surface area contributed by atoms with Gasteiger partial charge in [-0.2, -0.15) is 0 Å². The van der Waals surface area contributed by atoms with Gasteiger partial charge in [0.15, 0.2) is 0 Å². The number of nitrogens with zero attached hydrogens (tertiary/aromatic N) is 2. The number of fused-ring (bicyclic) bond motifs is 1. The van der Waals surface area contributed by atoms with Crippen molar-refractivity contribution in [2.75, 3.05) is 20.2 Å². The summed E-state index contributed by atoms with van der Waals surface area (Å²) < 4.78 is 5.25. The number of nitrogens with one attached hydrogen (secondary N) is 1. The minimum atomic E-state index is -0.0436. The van der Waals surface area contributed by atoms with Crippen molar-refractivity contribution in [3.63, 3.8) is 0 Å². The summed E-state index contributed by atoms with van der Waals surface area (Å²) in [5.41, 5.74) is 2.79. The zero-order chi connectivity index (χ0) is 17.4. The van der Waals surface area contributed by atoms with Crippen LogP contribution >= 0.6 is 0 Å². The normalized spacial score (nSPS) is 24.6. The summed E-state index contributed by atoms with van der Waals surface area (Å²) in [6.45, 7) is 5.00. The molecule has 0 bridgehead atoms. The zero-order valence-corrected chi connectivity index (χ0v) is 14.6. The number of carbonyl (C=O) groups is 1. The number of amides is 1. The van der Waals surface area contributed by atoms with Crippen LogP contribution in [0.25, 0.3) is 0 Å². The van der Waals surface area contributed by atoms with Crippen LogP contribution in [-0.4, -0.2) is 42.0 Å². The lowest BCUT2D eigenvalue weighted by Gasteiger charge is -2.20. The molecule has 2 aromatic rings. The summed E-state index contributed by atoms with van der Waals surface area (Å²) in [4.78, 5) is 19.1. The third-order valence-electron chi connectivity index (χ3n) is 5.45. The quantitative estimate of drug-likeness (QED) is 0.909. The lowest BCUT2D eigenvalue weighted by Crippen LogP contribution is -2.34.